The maximum absolute atomic E-state index is 13.4. The molecular formula is C22H33FN4O. The van der Waals surface area contributed by atoms with E-state index in [0.717, 1.165) is 45.6 Å². The van der Waals surface area contributed by atoms with Crippen molar-refractivity contribution < 1.29 is 9.18 Å². The van der Waals surface area contributed by atoms with E-state index in [1.807, 2.05) is 23.4 Å². The lowest BCUT2D eigenvalue weighted by molar-refractivity contribution is -0.139. The van der Waals surface area contributed by atoms with E-state index >= 15 is 0 Å². The van der Waals surface area contributed by atoms with Gasteiger partial charge in [0, 0.05) is 44.6 Å². The zero-order chi connectivity index (χ0) is 19.3. The van der Waals surface area contributed by atoms with Crippen LogP contribution in [-0.2, 0) is 11.3 Å². The summed E-state index contributed by atoms with van der Waals surface area (Å²) in [5.41, 5.74) is 1.28. The predicted octanol–water partition coefficient (Wildman–Crippen LogP) is 2.72. The van der Waals surface area contributed by atoms with Gasteiger partial charge in [0.1, 0.15) is 6.17 Å². The number of halogens is 1. The predicted molar refractivity (Wildman–Crippen MR) is 108 cm³/mol. The molecule has 1 aromatic heterocycles. The summed E-state index contributed by atoms with van der Waals surface area (Å²) in [7, 11) is 0. The first-order valence-electron chi connectivity index (χ1n) is 11.0. The smallest absolute Gasteiger partial charge is 0.226 e. The van der Waals surface area contributed by atoms with Gasteiger partial charge in [-0.25, -0.2) is 4.39 Å². The number of piperidine rings is 3. The van der Waals surface area contributed by atoms with Crippen LogP contribution in [-0.4, -0.2) is 77.1 Å². The van der Waals surface area contributed by atoms with Gasteiger partial charge in [0.15, 0.2) is 0 Å². The van der Waals surface area contributed by atoms with Crippen molar-refractivity contribution in [2.75, 3.05) is 39.3 Å². The van der Waals surface area contributed by atoms with Crippen molar-refractivity contribution in [1.82, 2.24) is 19.7 Å². The number of carbonyl (C=O) groups excluding carboxylic acids is 1. The number of pyridine rings is 1. The second kappa shape index (κ2) is 9.31. The van der Waals surface area contributed by atoms with Crippen molar-refractivity contribution in [3.05, 3.63) is 30.1 Å². The monoisotopic (exact) mass is 388 g/mol. The molecule has 154 valence electrons. The lowest BCUT2D eigenvalue weighted by Crippen LogP contribution is -2.52. The number of rotatable bonds is 4. The molecule has 6 heteroatoms. The third-order valence-electron chi connectivity index (χ3n) is 6.74. The topological polar surface area (TPSA) is 39.7 Å². The van der Waals surface area contributed by atoms with Crippen LogP contribution < -0.4 is 0 Å². The lowest BCUT2D eigenvalue weighted by atomic mass is 9.92. The molecule has 3 aliphatic heterocycles. The number of nitrogens with zero attached hydrogens (tertiary/aromatic N) is 4. The Labute approximate surface area is 167 Å². The van der Waals surface area contributed by atoms with Gasteiger partial charge < -0.3 is 4.90 Å². The third kappa shape index (κ3) is 4.90. The highest BCUT2D eigenvalue weighted by molar-refractivity contribution is 5.79. The molecule has 3 fully saturated rings. The van der Waals surface area contributed by atoms with E-state index in [-0.39, 0.29) is 11.8 Å². The van der Waals surface area contributed by atoms with Gasteiger partial charge in [-0.2, -0.15) is 0 Å². The third-order valence-corrected chi connectivity index (χ3v) is 6.74. The van der Waals surface area contributed by atoms with Crippen LogP contribution in [0, 0.1) is 5.92 Å². The molecule has 0 saturated carbocycles. The molecule has 0 aromatic carbocycles. The molecule has 0 bridgehead atoms. The van der Waals surface area contributed by atoms with Gasteiger partial charge >= 0.3 is 0 Å². The first kappa shape index (κ1) is 19.8. The summed E-state index contributed by atoms with van der Waals surface area (Å²) in [4.78, 5) is 24.1. The number of likely N-dealkylation sites (tertiary alicyclic amines) is 3. The van der Waals surface area contributed by atoms with Crippen LogP contribution in [0.3, 0.4) is 0 Å². The second-order valence-electron chi connectivity index (χ2n) is 8.70. The highest BCUT2D eigenvalue weighted by Crippen LogP contribution is 2.26. The SMILES string of the molecule is O=C(C1CCCN(C2CCN(Cc3cccnc3)CC2)C1)N1CCC(F)CC1. The Morgan fingerprint density at radius 2 is 1.86 bits per heavy atom. The second-order valence-corrected chi connectivity index (χ2v) is 8.70. The molecule has 4 rings (SSSR count). The summed E-state index contributed by atoms with van der Waals surface area (Å²) in [6.45, 7) is 6.40. The molecule has 1 unspecified atom stereocenters. The van der Waals surface area contributed by atoms with E-state index in [1.165, 1.54) is 18.4 Å². The summed E-state index contributed by atoms with van der Waals surface area (Å²) >= 11 is 0. The summed E-state index contributed by atoms with van der Waals surface area (Å²) < 4.78 is 13.4. The minimum Gasteiger partial charge on any atom is -0.342 e. The molecule has 0 spiro atoms. The quantitative estimate of drug-likeness (QED) is 0.795. The van der Waals surface area contributed by atoms with Crippen LogP contribution >= 0.6 is 0 Å². The maximum atomic E-state index is 13.4. The van der Waals surface area contributed by atoms with Crippen molar-refractivity contribution in [1.29, 1.82) is 0 Å². The van der Waals surface area contributed by atoms with Gasteiger partial charge in [-0.1, -0.05) is 6.07 Å². The average molecular weight is 389 g/mol. The van der Waals surface area contributed by atoms with Crippen molar-refractivity contribution in [2.24, 2.45) is 5.92 Å². The Bertz CT molecular complexity index is 627. The molecule has 0 radical (unpaired) electrons. The minimum absolute atomic E-state index is 0.110. The molecule has 0 N–H and O–H groups in total. The highest BCUT2D eigenvalue weighted by atomic mass is 19.1. The molecule has 1 amide bonds. The molecule has 4 heterocycles. The number of carbonyl (C=O) groups is 1. The fourth-order valence-electron chi connectivity index (χ4n) is 5.06. The largest absolute Gasteiger partial charge is 0.342 e. The summed E-state index contributed by atoms with van der Waals surface area (Å²) in [6.07, 6.45) is 8.53. The van der Waals surface area contributed by atoms with E-state index in [9.17, 15) is 9.18 Å². The van der Waals surface area contributed by atoms with E-state index < -0.39 is 6.17 Å². The van der Waals surface area contributed by atoms with Gasteiger partial charge in [0.05, 0.1) is 5.92 Å². The number of hydrogen-bond donors (Lipinski definition) is 0. The fraction of sp³-hybridized carbons (Fsp3) is 0.727. The maximum Gasteiger partial charge on any atom is 0.226 e. The summed E-state index contributed by atoms with van der Waals surface area (Å²) in [5, 5.41) is 0. The van der Waals surface area contributed by atoms with E-state index in [2.05, 4.69) is 20.9 Å². The number of hydrogen-bond acceptors (Lipinski definition) is 4. The average Bonchev–Trinajstić information content (AvgIpc) is 2.75. The Morgan fingerprint density at radius 3 is 2.57 bits per heavy atom. The van der Waals surface area contributed by atoms with Crippen LogP contribution in [0.5, 0.6) is 0 Å². The van der Waals surface area contributed by atoms with Gasteiger partial charge in [-0.15, -0.1) is 0 Å². The molecule has 1 aromatic rings. The van der Waals surface area contributed by atoms with Gasteiger partial charge in [0.25, 0.3) is 0 Å². The van der Waals surface area contributed by atoms with Crippen molar-refractivity contribution in [2.45, 2.75) is 57.3 Å². The van der Waals surface area contributed by atoms with E-state index in [1.54, 1.807) is 0 Å². The van der Waals surface area contributed by atoms with Gasteiger partial charge in [-0.3, -0.25) is 19.6 Å². The minimum atomic E-state index is -0.719. The van der Waals surface area contributed by atoms with Crippen LogP contribution in [0.25, 0.3) is 0 Å². The Morgan fingerprint density at radius 1 is 1.07 bits per heavy atom. The number of alkyl halides is 1. The van der Waals surface area contributed by atoms with E-state index in [4.69, 9.17) is 0 Å². The first-order valence-corrected chi connectivity index (χ1v) is 11.0. The Hall–Kier alpha value is -1.53. The zero-order valence-corrected chi connectivity index (χ0v) is 16.8. The number of amides is 1. The summed E-state index contributed by atoms with van der Waals surface area (Å²) in [5.74, 6) is 0.379. The van der Waals surface area contributed by atoms with Gasteiger partial charge in [-0.05, 0) is 69.8 Å². The van der Waals surface area contributed by atoms with Crippen molar-refractivity contribution >= 4 is 5.91 Å². The normalized spacial score (nSPS) is 26.5. The fourth-order valence-corrected chi connectivity index (χ4v) is 5.06. The Balaban J connectivity index is 1.25. The van der Waals surface area contributed by atoms with Crippen LogP contribution in [0.4, 0.5) is 4.39 Å². The van der Waals surface area contributed by atoms with Crippen molar-refractivity contribution in [3.63, 3.8) is 0 Å². The molecule has 5 nitrogen and oxygen atoms in total. The van der Waals surface area contributed by atoms with Gasteiger partial charge in [0.2, 0.25) is 5.91 Å². The standard InChI is InChI=1S/C22H33FN4O/c23-20-5-13-26(14-6-20)22(28)19-4-2-10-27(17-19)21-7-11-25(12-8-21)16-18-3-1-9-24-15-18/h1,3,9,15,19-21H,2,4-8,10-14,16-17H2. The van der Waals surface area contributed by atoms with Crippen LogP contribution in [0.2, 0.25) is 0 Å². The molecule has 1 atom stereocenters. The summed E-state index contributed by atoms with van der Waals surface area (Å²) in [6, 6.07) is 4.74. The molecule has 3 saturated heterocycles. The highest BCUT2D eigenvalue weighted by Gasteiger charge is 2.34. The molecule has 3 aliphatic rings. The molecule has 0 aliphatic carbocycles. The number of aromatic nitrogens is 1. The van der Waals surface area contributed by atoms with E-state index in [0.29, 0.717) is 32.0 Å². The van der Waals surface area contributed by atoms with Crippen molar-refractivity contribution in [3.8, 4) is 0 Å². The first-order chi connectivity index (χ1) is 13.7. The molecule has 28 heavy (non-hydrogen) atoms. The lowest BCUT2D eigenvalue weighted by Gasteiger charge is -2.43. The van der Waals surface area contributed by atoms with Crippen LogP contribution in [0.15, 0.2) is 24.5 Å². The van der Waals surface area contributed by atoms with Crippen LogP contribution in [0.1, 0.15) is 44.1 Å². The Kier molecular flexibility index (Phi) is 6.58. The zero-order valence-electron chi connectivity index (χ0n) is 16.8. The molecular weight excluding hydrogens is 355 g/mol.